The molecule has 0 aliphatic carbocycles. The first-order chi connectivity index (χ1) is 11.5. The van der Waals surface area contributed by atoms with E-state index in [1.54, 1.807) is 7.05 Å². The zero-order chi connectivity index (χ0) is 17.3. The molecule has 122 valence electrons. The van der Waals surface area contributed by atoms with Crippen LogP contribution >= 0.6 is 11.8 Å². The van der Waals surface area contributed by atoms with Crippen LogP contribution in [-0.4, -0.2) is 23.8 Å². The lowest BCUT2D eigenvalue weighted by atomic mass is 10.0. The zero-order valence-corrected chi connectivity index (χ0v) is 14.8. The van der Waals surface area contributed by atoms with Gasteiger partial charge in [0, 0.05) is 12.8 Å². The molecule has 0 radical (unpaired) electrons. The van der Waals surface area contributed by atoms with Gasteiger partial charge in [0.2, 0.25) is 0 Å². The van der Waals surface area contributed by atoms with E-state index in [4.69, 9.17) is 0 Å². The molecular weight excluding hydrogens is 318 g/mol. The third-order valence-corrected chi connectivity index (χ3v) is 5.41. The molecular formula is C20H19NO2S. The highest BCUT2D eigenvalue weighted by molar-refractivity contribution is 8.03. The fraction of sp³-hybridized carbons (Fsp3) is 0.200. The van der Waals surface area contributed by atoms with E-state index in [2.05, 4.69) is 0 Å². The molecule has 0 saturated carbocycles. The van der Waals surface area contributed by atoms with Gasteiger partial charge in [-0.1, -0.05) is 48.5 Å². The van der Waals surface area contributed by atoms with Gasteiger partial charge >= 0.3 is 0 Å². The van der Waals surface area contributed by atoms with Crippen molar-refractivity contribution in [1.29, 1.82) is 0 Å². The molecule has 1 heterocycles. The van der Waals surface area contributed by atoms with Crippen LogP contribution in [0.5, 0.6) is 0 Å². The second kappa shape index (κ2) is 6.65. The Bertz CT molecular complexity index is 840. The summed E-state index contributed by atoms with van der Waals surface area (Å²) in [6.45, 7) is 4.05. The van der Waals surface area contributed by atoms with Gasteiger partial charge in [-0.25, -0.2) is 0 Å². The molecule has 4 heteroatoms. The van der Waals surface area contributed by atoms with Crippen molar-refractivity contribution in [2.75, 3.05) is 7.05 Å². The van der Waals surface area contributed by atoms with E-state index in [0.29, 0.717) is 16.2 Å². The van der Waals surface area contributed by atoms with Gasteiger partial charge in [-0.3, -0.25) is 14.5 Å². The Labute approximate surface area is 146 Å². The number of hydrogen-bond donors (Lipinski definition) is 0. The van der Waals surface area contributed by atoms with Crippen LogP contribution in [0, 0.1) is 13.8 Å². The van der Waals surface area contributed by atoms with Crippen molar-refractivity contribution in [2.24, 2.45) is 0 Å². The lowest BCUT2D eigenvalue weighted by molar-refractivity contribution is -0.134. The van der Waals surface area contributed by atoms with Gasteiger partial charge in [0.15, 0.2) is 0 Å². The number of carbonyl (C=O) groups excluding carboxylic acids is 2. The van der Waals surface area contributed by atoms with E-state index in [-0.39, 0.29) is 11.8 Å². The second-order valence-electron chi connectivity index (χ2n) is 5.95. The molecule has 0 atom stereocenters. The van der Waals surface area contributed by atoms with Crippen LogP contribution < -0.4 is 0 Å². The Hall–Kier alpha value is -2.33. The van der Waals surface area contributed by atoms with Crippen molar-refractivity contribution < 1.29 is 9.59 Å². The van der Waals surface area contributed by atoms with E-state index in [9.17, 15) is 9.59 Å². The first-order valence-electron chi connectivity index (χ1n) is 7.80. The Morgan fingerprint density at radius 3 is 2.29 bits per heavy atom. The number of imide groups is 1. The van der Waals surface area contributed by atoms with Gasteiger partial charge < -0.3 is 0 Å². The van der Waals surface area contributed by atoms with E-state index in [0.717, 1.165) is 16.7 Å². The first-order valence-corrected chi connectivity index (χ1v) is 8.78. The van der Waals surface area contributed by atoms with Gasteiger partial charge in [0.05, 0.1) is 10.5 Å². The summed E-state index contributed by atoms with van der Waals surface area (Å²) in [5, 5.41) is 0. The highest BCUT2D eigenvalue weighted by Crippen LogP contribution is 2.37. The average molecular weight is 337 g/mol. The van der Waals surface area contributed by atoms with Crippen LogP contribution in [0.3, 0.4) is 0 Å². The van der Waals surface area contributed by atoms with Crippen molar-refractivity contribution in [3.05, 3.63) is 75.7 Å². The van der Waals surface area contributed by atoms with Gasteiger partial charge in [0.1, 0.15) is 0 Å². The van der Waals surface area contributed by atoms with Crippen molar-refractivity contribution in [3.63, 3.8) is 0 Å². The van der Waals surface area contributed by atoms with Crippen molar-refractivity contribution >= 4 is 29.1 Å². The number of aryl methyl sites for hydroxylation is 2. The molecule has 1 aliphatic rings. The summed E-state index contributed by atoms with van der Waals surface area (Å²) in [5.74, 6) is 0.227. The molecule has 0 bridgehead atoms. The number of likely N-dealkylation sites (N-methyl/N-ethyl adjacent to an activating group) is 1. The molecule has 2 amide bonds. The Morgan fingerprint density at radius 1 is 0.917 bits per heavy atom. The molecule has 0 unspecified atom stereocenters. The molecule has 0 spiro atoms. The van der Waals surface area contributed by atoms with Crippen LogP contribution in [0.2, 0.25) is 0 Å². The van der Waals surface area contributed by atoms with Gasteiger partial charge in [0.25, 0.3) is 11.8 Å². The Balaban J connectivity index is 1.99. The van der Waals surface area contributed by atoms with Crippen LogP contribution in [0.15, 0.2) is 53.4 Å². The SMILES string of the molecule is Cc1ccc(C2=C(SCc3ccccc3)C(=O)N(C)C2=O)cc1C. The lowest BCUT2D eigenvalue weighted by Gasteiger charge is -2.08. The Kier molecular flexibility index (Phi) is 4.58. The van der Waals surface area contributed by atoms with Crippen LogP contribution in [0.4, 0.5) is 0 Å². The third-order valence-electron chi connectivity index (χ3n) is 4.27. The minimum atomic E-state index is -0.223. The predicted octanol–water partition coefficient (Wildman–Crippen LogP) is 3.95. The van der Waals surface area contributed by atoms with Crippen molar-refractivity contribution in [1.82, 2.24) is 4.90 Å². The number of rotatable bonds is 4. The van der Waals surface area contributed by atoms with Crippen LogP contribution in [-0.2, 0) is 15.3 Å². The maximum atomic E-state index is 12.6. The molecule has 2 aromatic rings. The van der Waals surface area contributed by atoms with Gasteiger partial charge in [-0.05, 0) is 36.1 Å². The minimum Gasteiger partial charge on any atom is -0.277 e. The number of hydrogen-bond acceptors (Lipinski definition) is 3. The molecule has 3 rings (SSSR count). The third kappa shape index (κ3) is 3.02. The molecule has 2 aromatic carbocycles. The van der Waals surface area contributed by atoms with E-state index < -0.39 is 0 Å². The normalized spacial score (nSPS) is 14.7. The molecule has 0 aromatic heterocycles. The number of carbonyl (C=O) groups is 2. The summed E-state index contributed by atoms with van der Waals surface area (Å²) >= 11 is 1.43. The molecule has 0 saturated heterocycles. The molecule has 0 N–H and O–H groups in total. The number of nitrogens with zero attached hydrogens (tertiary/aromatic N) is 1. The first kappa shape index (κ1) is 16.5. The lowest BCUT2D eigenvalue weighted by Crippen LogP contribution is -2.26. The Morgan fingerprint density at radius 2 is 1.62 bits per heavy atom. The minimum absolute atomic E-state index is 0.214. The highest BCUT2D eigenvalue weighted by atomic mass is 32.2. The van der Waals surface area contributed by atoms with Gasteiger partial charge in [-0.2, -0.15) is 0 Å². The largest absolute Gasteiger partial charge is 0.277 e. The fourth-order valence-electron chi connectivity index (χ4n) is 2.63. The van der Waals surface area contributed by atoms with Gasteiger partial charge in [-0.15, -0.1) is 11.8 Å². The topological polar surface area (TPSA) is 37.4 Å². The zero-order valence-electron chi connectivity index (χ0n) is 14.0. The van der Waals surface area contributed by atoms with E-state index in [1.807, 2.05) is 62.4 Å². The standard InChI is InChI=1S/C20H19NO2S/c1-13-9-10-16(11-14(13)2)17-18(20(23)21(3)19(17)22)24-12-15-7-5-4-6-8-15/h4-11H,12H2,1-3H3. The maximum absolute atomic E-state index is 12.6. The number of benzene rings is 2. The van der Waals surface area contributed by atoms with Crippen molar-refractivity contribution in [3.8, 4) is 0 Å². The number of amides is 2. The summed E-state index contributed by atoms with van der Waals surface area (Å²) < 4.78 is 0. The fourth-order valence-corrected chi connectivity index (χ4v) is 3.74. The second-order valence-corrected chi connectivity index (χ2v) is 6.93. The van der Waals surface area contributed by atoms with E-state index in [1.165, 1.54) is 22.2 Å². The number of thioether (sulfide) groups is 1. The molecule has 3 nitrogen and oxygen atoms in total. The summed E-state index contributed by atoms with van der Waals surface area (Å²) in [6, 6.07) is 15.9. The van der Waals surface area contributed by atoms with Crippen LogP contribution in [0.25, 0.3) is 5.57 Å². The van der Waals surface area contributed by atoms with E-state index >= 15 is 0 Å². The molecule has 1 aliphatic heterocycles. The summed E-state index contributed by atoms with van der Waals surface area (Å²) in [4.78, 5) is 26.8. The predicted molar refractivity (Wildman–Crippen MR) is 98.4 cm³/mol. The molecule has 24 heavy (non-hydrogen) atoms. The van der Waals surface area contributed by atoms with Crippen LogP contribution in [0.1, 0.15) is 22.3 Å². The maximum Gasteiger partial charge on any atom is 0.267 e. The summed E-state index contributed by atoms with van der Waals surface area (Å²) in [6.07, 6.45) is 0. The average Bonchev–Trinajstić information content (AvgIpc) is 2.80. The van der Waals surface area contributed by atoms with Crippen molar-refractivity contribution in [2.45, 2.75) is 19.6 Å². The summed E-state index contributed by atoms with van der Waals surface area (Å²) in [7, 11) is 1.54. The molecule has 0 fully saturated rings. The smallest absolute Gasteiger partial charge is 0.267 e. The quantitative estimate of drug-likeness (QED) is 0.793. The summed E-state index contributed by atoms with van der Waals surface area (Å²) in [5.41, 5.74) is 4.75. The monoisotopic (exact) mass is 337 g/mol. The highest BCUT2D eigenvalue weighted by Gasteiger charge is 2.36.